The Bertz CT molecular complexity index is 346. The number of hydrazine groups is 1. The number of anilines is 2. The summed E-state index contributed by atoms with van der Waals surface area (Å²) in [5.74, 6) is 6.59. The maximum atomic E-state index is 5.28. The summed E-state index contributed by atoms with van der Waals surface area (Å²) in [6.45, 7) is 7.46. The van der Waals surface area contributed by atoms with E-state index in [2.05, 4.69) is 39.5 Å². The summed E-state index contributed by atoms with van der Waals surface area (Å²) in [6.07, 6.45) is 1.10. The molecule has 1 unspecified atom stereocenters. The zero-order chi connectivity index (χ0) is 12.7. The average molecular weight is 240 g/mol. The Hall–Kier alpha value is -1.63. The molecule has 17 heavy (non-hydrogen) atoms. The Morgan fingerprint density at radius 3 is 2.53 bits per heavy atom. The summed E-state index contributed by atoms with van der Waals surface area (Å²) in [5, 5.41) is 3.13. The average Bonchev–Trinajstić information content (AvgIpc) is 2.36. The van der Waals surface area contributed by atoms with E-state index in [1.807, 2.05) is 6.92 Å². The molecule has 96 valence electrons. The molecule has 0 saturated carbocycles. The standard InChI is InChI=1S/C10H20N6O/c1-4-7(3)6-12-8-13-9(16-11)15-10(14-8)17-5-2/h7H,4-6,11H2,1-3H3,(H2,12,13,14,15,16). The molecular formula is C10H20N6O. The van der Waals surface area contributed by atoms with Gasteiger partial charge in [0.2, 0.25) is 11.9 Å². The lowest BCUT2D eigenvalue weighted by Gasteiger charge is -2.11. The topological polar surface area (TPSA) is 98.0 Å². The molecular weight excluding hydrogens is 220 g/mol. The first-order valence-corrected chi connectivity index (χ1v) is 5.78. The monoisotopic (exact) mass is 240 g/mol. The second-order valence-corrected chi connectivity index (χ2v) is 3.74. The van der Waals surface area contributed by atoms with Crippen molar-refractivity contribution in [3.8, 4) is 6.01 Å². The molecule has 0 aliphatic heterocycles. The van der Waals surface area contributed by atoms with Crippen molar-refractivity contribution in [2.75, 3.05) is 23.9 Å². The molecule has 1 rings (SSSR count). The van der Waals surface area contributed by atoms with Gasteiger partial charge in [-0.05, 0) is 12.8 Å². The van der Waals surface area contributed by atoms with Gasteiger partial charge in [0, 0.05) is 6.54 Å². The molecule has 0 aliphatic carbocycles. The second kappa shape index (κ2) is 6.85. The molecule has 1 aromatic rings. The summed E-state index contributed by atoms with van der Waals surface area (Å²) >= 11 is 0. The number of rotatable bonds is 7. The number of nitrogens with one attached hydrogen (secondary N) is 2. The van der Waals surface area contributed by atoms with Crippen LogP contribution in [0.15, 0.2) is 0 Å². The Morgan fingerprint density at radius 1 is 1.24 bits per heavy atom. The van der Waals surface area contributed by atoms with E-state index in [1.54, 1.807) is 0 Å². The first kappa shape index (κ1) is 13.4. The van der Waals surface area contributed by atoms with Gasteiger partial charge in [-0.1, -0.05) is 20.3 Å². The number of hydrogen-bond donors (Lipinski definition) is 3. The normalized spacial score (nSPS) is 12.0. The van der Waals surface area contributed by atoms with Crippen LogP contribution in [-0.4, -0.2) is 28.1 Å². The lowest BCUT2D eigenvalue weighted by molar-refractivity contribution is 0.312. The van der Waals surface area contributed by atoms with E-state index in [1.165, 1.54) is 0 Å². The van der Waals surface area contributed by atoms with Crippen LogP contribution in [0.4, 0.5) is 11.9 Å². The SMILES string of the molecule is CCOc1nc(NN)nc(NCC(C)CC)n1. The molecule has 0 fully saturated rings. The van der Waals surface area contributed by atoms with Crippen molar-refractivity contribution in [1.29, 1.82) is 0 Å². The van der Waals surface area contributed by atoms with Crippen LogP contribution in [0.25, 0.3) is 0 Å². The summed E-state index contributed by atoms with van der Waals surface area (Å²) in [5.41, 5.74) is 2.39. The smallest absolute Gasteiger partial charge is 0.323 e. The van der Waals surface area contributed by atoms with E-state index in [9.17, 15) is 0 Å². The van der Waals surface area contributed by atoms with E-state index < -0.39 is 0 Å². The Balaban J connectivity index is 2.72. The molecule has 0 aliphatic rings. The minimum absolute atomic E-state index is 0.266. The molecule has 0 aromatic carbocycles. The predicted octanol–water partition coefficient (Wildman–Crippen LogP) is 1.01. The van der Waals surface area contributed by atoms with Crippen molar-refractivity contribution in [2.45, 2.75) is 27.2 Å². The highest BCUT2D eigenvalue weighted by Crippen LogP contribution is 2.11. The van der Waals surface area contributed by atoms with Crippen LogP contribution in [0.1, 0.15) is 27.2 Å². The summed E-state index contributed by atoms with van der Waals surface area (Å²) in [7, 11) is 0. The van der Waals surface area contributed by atoms with E-state index in [0.717, 1.165) is 13.0 Å². The Morgan fingerprint density at radius 2 is 1.94 bits per heavy atom. The van der Waals surface area contributed by atoms with Crippen molar-refractivity contribution in [3.05, 3.63) is 0 Å². The number of nitrogens with two attached hydrogens (primary N) is 1. The van der Waals surface area contributed by atoms with Gasteiger partial charge >= 0.3 is 6.01 Å². The van der Waals surface area contributed by atoms with Crippen LogP contribution < -0.4 is 21.3 Å². The van der Waals surface area contributed by atoms with Gasteiger partial charge in [0.25, 0.3) is 0 Å². The summed E-state index contributed by atoms with van der Waals surface area (Å²) in [4.78, 5) is 12.2. The van der Waals surface area contributed by atoms with Crippen molar-refractivity contribution >= 4 is 11.9 Å². The highest BCUT2D eigenvalue weighted by Gasteiger charge is 2.07. The van der Waals surface area contributed by atoms with Crippen LogP contribution >= 0.6 is 0 Å². The van der Waals surface area contributed by atoms with Crippen molar-refractivity contribution < 1.29 is 4.74 Å². The third-order valence-electron chi connectivity index (χ3n) is 2.32. The van der Waals surface area contributed by atoms with Gasteiger partial charge in [-0.2, -0.15) is 15.0 Å². The molecule has 4 N–H and O–H groups in total. The molecule has 0 radical (unpaired) electrons. The third kappa shape index (κ3) is 4.39. The quantitative estimate of drug-likeness (QED) is 0.483. The first-order chi connectivity index (χ1) is 8.19. The van der Waals surface area contributed by atoms with Crippen LogP contribution in [0.3, 0.4) is 0 Å². The van der Waals surface area contributed by atoms with Gasteiger partial charge in [0.15, 0.2) is 0 Å². The van der Waals surface area contributed by atoms with Crippen molar-refractivity contribution in [2.24, 2.45) is 11.8 Å². The fourth-order valence-corrected chi connectivity index (χ4v) is 1.10. The van der Waals surface area contributed by atoms with E-state index in [4.69, 9.17) is 10.6 Å². The highest BCUT2D eigenvalue weighted by atomic mass is 16.5. The van der Waals surface area contributed by atoms with Crippen LogP contribution in [-0.2, 0) is 0 Å². The molecule has 7 nitrogen and oxygen atoms in total. The number of ether oxygens (including phenoxy) is 1. The second-order valence-electron chi connectivity index (χ2n) is 3.74. The Kier molecular flexibility index (Phi) is 5.41. The molecule has 7 heteroatoms. The molecule has 0 saturated heterocycles. The lowest BCUT2D eigenvalue weighted by Crippen LogP contribution is -2.17. The lowest BCUT2D eigenvalue weighted by atomic mass is 10.1. The third-order valence-corrected chi connectivity index (χ3v) is 2.32. The molecule has 0 bridgehead atoms. The van der Waals surface area contributed by atoms with Gasteiger partial charge in [0.1, 0.15) is 0 Å². The zero-order valence-electron chi connectivity index (χ0n) is 10.5. The molecule has 0 spiro atoms. The van der Waals surface area contributed by atoms with Crippen LogP contribution in [0, 0.1) is 5.92 Å². The number of nitrogens with zero attached hydrogens (tertiary/aromatic N) is 3. The van der Waals surface area contributed by atoms with Crippen molar-refractivity contribution in [3.63, 3.8) is 0 Å². The van der Waals surface area contributed by atoms with E-state index >= 15 is 0 Å². The molecule has 1 atom stereocenters. The van der Waals surface area contributed by atoms with Gasteiger partial charge in [0.05, 0.1) is 6.61 Å². The van der Waals surface area contributed by atoms with Gasteiger partial charge in [-0.15, -0.1) is 0 Å². The summed E-state index contributed by atoms with van der Waals surface area (Å²) in [6, 6.07) is 0.266. The van der Waals surface area contributed by atoms with E-state index in [0.29, 0.717) is 18.5 Å². The fourth-order valence-electron chi connectivity index (χ4n) is 1.10. The van der Waals surface area contributed by atoms with Crippen LogP contribution in [0.2, 0.25) is 0 Å². The fraction of sp³-hybridized carbons (Fsp3) is 0.700. The predicted molar refractivity (Wildman–Crippen MR) is 66.8 cm³/mol. The van der Waals surface area contributed by atoms with Crippen molar-refractivity contribution in [1.82, 2.24) is 15.0 Å². The van der Waals surface area contributed by atoms with Gasteiger partial charge in [-0.25, -0.2) is 5.84 Å². The first-order valence-electron chi connectivity index (χ1n) is 5.78. The maximum absolute atomic E-state index is 5.28. The minimum Gasteiger partial charge on any atom is -0.464 e. The van der Waals surface area contributed by atoms with E-state index in [-0.39, 0.29) is 12.0 Å². The highest BCUT2D eigenvalue weighted by molar-refractivity contribution is 5.34. The zero-order valence-corrected chi connectivity index (χ0v) is 10.5. The minimum atomic E-state index is 0.266. The molecule has 1 heterocycles. The van der Waals surface area contributed by atoms with Crippen LogP contribution in [0.5, 0.6) is 6.01 Å². The molecule has 0 amide bonds. The maximum Gasteiger partial charge on any atom is 0.323 e. The molecule has 1 aromatic heterocycles. The van der Waals surface area contributed by atoms with Gasteiger partial charge in [-0.3, -0.25) is 5.43 Å². The largest absolute Gasteiger partial charge is 0.464 e. The Labute approximate surface area is 101 Å². The van der Waals surface area contributed by atoms with Gasteiger partial charge < -0.3 is 10.1 Å². The number of hydrogen-bond acceptors (Lipinski definition) is 7. The number of nitrogen functional groups attached to an aromatic ring is 1. The number of aromatic nitrogens is 3. The summed E-state index contributed by atoms with van der Waals surface area (Å²) < 4.78 is 5.22.